The summed E-state index contributed by atoms with van der Waals surface area (Å²) in [6, 6.07) is 22.6. The van der Waals surface area contributed by atoms with E-state index in [1.807, 2.05) is 79.7 Å². The van der Waals surface area contributed by atoms with E-state index in [0.29, 0.717) is 21.8 Å². The van der Waals surface area contributed by atoms with E-state index in [0.717, 1.165) is 22.4 Å². The number of nitrogens with zero attached hydrogens (tertiary/aromatic N) is 2. The minimum atomic E-state index is -0.399. The van der Waals surface area contributed by atoms with Gasteiger partial charge in [-0.25, -0.2) is 0 Å². The van der Waals surface area contributed by atoms with Gasteiger partial charge in [0, 0.05) is 10.6 Å². The van der Waals surface area contributed by atoms with E-state index in [1.165, 1.54) is 0 Å². The minimum absolute atomic E-state index is 0.399. The number of benzene rings is 3. The lowest BCUT2D eigenvalue weighted by Crippen LogP contribution is -2.13. The van der Waals surface area contributed by atoms with Crippen molar-refractivity contribution in [2.24, 2.45) is 0 Å². The highest BCUT2D eigenvalue weighted by Gasteiger charge is 2.22. The van der Waals surface area contributed by atoms with Crippen molar-refractivity contribution in [2.45, 2.75) is 13.0 Å². The summed E-state index contributed by atoms with van der Waals surface area (Å²) in [6.07, 6.45) is 0. The molecule has 1 atom stereocenters. The second kappa shape index (κ2) is 8.05. The van der Waals surface area contributed by atoms with Gasteiger partial charge in [0.15, 0.2) is 0 Å². The molecule has 0 fully saturated rings. The van der Waals surface area contributed by atoms with E-state index in [4.69, 9.17) is 27.6 Å². The molecule has 1 N–H and O–H groups in total. The molecule has 4 rings (SSSR count). The van der Waals surface area contributed by atoms with E-state index in [2.05, 4.69) is 15.5 Å². The van der Waals surface area contributed by atoms with Crippen LogP contribution >= 0.6 is 23.2 Å². The maximum atomic E-state index is 6.43. The molecule has 1 unspecified atom stereocenters. The SMILES string of the molecule is Cc1ccc(NC(c2cccc(Cl)c2)c2nnc(-c3ccccc3)o2)c(Cl)c1. The van der Waals surface area contributed by atoms with Gasteiger partial charge in [-0.2, -0.15) is 0 Å². The number of hydrogen-bond acceptors (Lipinski definition) is 4. The summed E-state index contributed by atoms with van der Waals surface area (Å²) in [7, 11) is 0. The number of anilines is 1. The topological polar surface area (TPSA) is 51.0 Å². The van der Waals surface area contributed by atoms with Crippen LogP contribution in [0.5, 0.6) is 0 Å². The Labute approximate surface area is 173 Å². The van der Waals surface area contributed by atoms with Gasteiger partial charge >= 0.3 is 0 Å². The van der Waals surface area contributed by atoms with Gasteiger partial charge < -0.3 is 9.73 Å². The van der Waals surface area contributed by atoms with Crippen molar-refractivity contribution in [1.82, 2.24) is 10.2 Å². The van der Waals surface area contributed by atoms with Crippen molar-refractivity contribution >= 4 is 28.9 Å². The van der Waals surface area contributed by atoms with Gasteiger partial charge in [0.05, 0.1) is 10.7 Å². The Morgan fingerprint density at radius 1 is 0.893 bits per heavy atom. The highest BCUT2D eigenvalue weighted by atomic mass is 35.5. The second-order valence-corrected chi connectivity index (χ2v) is 7.27. The first-order valence-corrected chi connectivity index (χ1v) is 9.53. The molecule has 0 saturated heterocycles. The molecule has 1 heterocycles. The van der Waals surface area contributed by atoms with E-state index < -0.39 is 6.04 Å². The van der Waals surface area contributed by atoms with Crippen molar-refractivity contribution in [1.29, 1.82) is 0 Å². The smallest absolute Gasteiger partial charge is 0.247 e. The van der Waals surface area contributed by atoms with Gasteiger partial charge in [-0.3, -0.25) is 0 Å². The van der Waals surface area contributed by atoms with Crippen LogP contribution in [0.25, 0.3) is 11.5 Å². The Kier molecular flexibility index (Phi) is 5.33. The minimum Gasteiger partial charge on any atom is -0.418 e. The average Bonchev–Trinajstić information content (AvgIpc) is 3.18. The molecule has 0 amide bonds. The first-order valence-electron chi connectivity index (χ1n) is 8.77. The molecule has 0 spiro atoms. The first kappa shape index (κ1) is 18.5. The quantitative estimate of drug-likeness (QED) is 0.405. The Bertz CT molecular complexity index is 1100. The summed E-state index contributed by atoms with van der Waals surface area (Å²) in [6.45, 7) is 1.99. The molecule has 1 aromatic heterocycles. The van der Waals surface area contributed by atoms with Crippen LogP contribution < -0.4 is 5.32 Å². The van der Waals surface area contributed by atoms with Crippen LogP contribution in [0.1, 0.15) is 23.1 Å². The summed E-state index contributed by atoms with van der Waals surface area (Å²) >= 11 is 12.6. The third-order valence-electron chi connectivity index (χ3n) is 4.31. The van der Waals surface area contributed by atoms with E-state index >= 15 is 0 Å². The fourth-order valence-electron chi connectivity index (χ4n) is 2.92. The van der Waals surface area contributed by atoms with Crippen molar-refractivity contribution in [3.8, 4) is 11.5 Å². The number of hydrogen-bond donors (Lipinski definition) is 1. The van der Waals surface area contributed by atoms with Crippen molar-refractivity contribution in [3.63, 3.8) is 0 Å². The molecular weight excluding hydrogens is 393 g/mol. The lowest BCUT2D eigenvalue weighted by atomic mass is 10.1. The lowest BCUT2D eigenvalue weighted by Gasteiger charge is -2.18. The van der Waals surface area contributed by atoms with E-state index in [1.54, 1.807) is 0 Å². The summed E-state index contributed by atoms with van der Waals surface area (Å²) in [4.78, 5) is 0. The van der Waals surface area contributed by atoms with Gasteiger partial charge in [-0.15, -0.1) is 10.2 Å². The number of nitrogens with one attached hydrogen (secondary N) is 1. The van der Waals surface area contributed by atoms with Gasteiger partial charge in [0.25, 0.3) is 0 Å². The van der Waals surface area contributed by atoms with Crippen LogP contribution in [0.4, 0.5) is 5.69 Å². The molecule has 4 nitrogen and oxygen atoms in total. The van der Waals surface area contributed by atoms with Crippen molar-refractivity contribution < 1.29 is 4.42 Å². The third kappa shape index (κ3) is 4.03. The van der Waals surface area contributed by atoms with Crippen molar-refractivity contribution in [2.75, 3.05) is 5.32 Å². The van der Waals surface area contributed by atoms with Crippen LogP contribution in [0, 0.1) is 6.92 Å². The van der Waals surface area contributed by atoms with Crippen LogP contribution in [-0.2, 0) is 0 Å². The van der Waals surface area contributed by atoms with Crippen LogP contribution in [0.15, 0.2) is 77.2 Å². The molecule has 0 saturated carbocycles. The Morgan fingerprint density at radius 2 is 1.71 bits per heavy atom. The molecule has 28 heavy (non-hydrogen) atoms. The summed E-state index contributed by atoms with van der Waals surface area (Å²) < 4.78 is 5.99. The second-order valence-electron chi connectivity index (χ2n) is 6.43. The zero-order valence-corrected chi connectivity index (χ0v) is 16.6. The maximum absolute atomic E-state index is 6.43. The number of halogens is 2. The zero-order valence-electron chi connectivity index (χ0n) is 15.1. The van der Waals surface area contributed by atoms with Gasteiger partial charge in [-0.05, 0) is 54.4 Å². The Morgan fingerprint density at radius 3 is 2.46 bits per heavy atom. The molecule has 4 aromatic rings. The molecule has 0 bridgehead atoms. The van der Waals surface area contributed by atoms with Gasteiger partial charge in [-0.1, -0.05) is 59.6 Å². The fourth-order valence-corrected chi connectivity index (χ4v) is 3.40. The Balaban J connectivity index is 1.74. The van der Waals surface area contributed by atoms with Crippen LogP contribution in [-0.4, -0.2) is 10.2 Å². The summed E-state index contributed by atoms with van der Waals surface area (Å²) in [5, 5.41) is 13.1. The fraction of sp³-hybridized carbons (Fsp3) is 0.0909. The predicted octanol–water partition coefficient (Wildman–Crippen LogP) is 6.55. The Hall–Kier alpha value is -2.82. The van der Waals surface area contributed by atoms with Crippen LogP contribution in [0.3, 0.4) is 0 Å². The molecular formula is C22H17Cl2N3O. The van der Waals surface area contributed by atoms with Crippen molar-refractivity contribution in [3.05, 3.63) is 99.9 Å². The summed E-state index contributed by atoms with van der Waals surface area (Å²) in [5.74, 6) is 0.886. The van der Waals surface area contributed by atoms with E-state index in [9.17, 15) is 0 Å². The van der Waals surface area contributed by atoms with Gasteiger partial charge in [0.2, 0.25) is 11.8 Å². The molecule has 0 radical (unpaired) electrons. The zero-order chi connectivity index (χ0) is 19.5. The first-order chi connectivity index (χ1) is 13.6. The monoisotopic (exact) mass is 409 g/mol. The van der Waals surface area contributed by atoms with Crippen LogP contribution in [0.2, 0.25) is 10.0 Å². The van der Waals surface area contributed by atoms with E-state index in [-0.39, 0.29) is 0 Å². The number of aromatic nitrogens is 2. The van der Waals surface area contributed by atoms with Gasteiger partial charge in [0.1, 0.15) is 6.04 Å². The molecule has 3 aromatic carbocycles. The largest absolute Gasteiger partial charge is 0.418 e. The predicted molar refractivity (Wildman–Crippen MR) is 113 cm³/mol. The summed E-state index contributed by atoms with van der Waals surface area (Å²) in [5.41, 5.74) is 3.61. The molecule has 0 aliphatic carbocycles. The highest BCUT2D eigenvalue weighted by molar-refractivity contribution is 6.33. The number of aryl methyl sites for hydroxylation is 1. The highest BCUT2D eigenvalue weighted by Crippen LogP contribution is 2.32. The average molecular weight is 410 g/mol. The third-order valence-corrected chi connectivity index (χ3v) is 4.86. The normalized spacial score (nSPS) is 12.0. The molecule has 6 heteroatoms. The maximum Gasteiger partial charge on any atom is 0.247 e. The number of rotatable bonds is 5. The molecule has 0 aliphatic rings. The molecule has 140 valence electrons. The lowest BCUT2D eigenvalue weighted by molar-refractivity contribution is 0.494. The molecule has 0 aliphatic heterocycles. The standard InChI is InChI=1S/C22H17Cl2N3O/c1-14-10-11-19(18(24)12-14)25-20(16-8-5-9-17(23)13-16)22-27-26-21(28-22)15-6-3-2-4-7-15/h2-13,20,25H,1H3.